The minimum atomic E-state index is 1.10. The van der Waals surface area contributed by atoms with Crippen LogP contribution in [0.3, 0.4) is 0 Å². The lowest BCUT2D eigenvalue weighted by molar-refractivity contribution is 1.28. The molecule has 0 unspecified atom stereocenters. The van der Waals surface area contributed by atoms with Crippen LogP contribution in [0, 0.1) is 0 Å². The monoisotopic (exact) mass is 831 g/mol. The van der Waals surface area contributed by atoms with E-state index in [-0.39, 0.29) is 0 Å². The third-order valence-electron chi connectivity index (χ3n) is 12.6. The number of benzene rings is 11. The van der Waals surface area contributed by atoms with Crippen LogP contribution < -0.4 is 4.90 Å². The molecule has 1 heterocycles. The van der Waals surface area contributed by atoms with Crippen LogP contribution in [-0.4, -0.2) is 0 Å². The Bertz CT molecular complexity index is 3650. The zero-order chi connectivity index (χ0) is 42.4. The van der Waals surface area contributed by atoms with Gasteiger partial charge in [-0.25, -0.2) is 0 Å². The summed E-state index contributed by atoms with van der Waals surface area (Å²) in [6, 6.07) is 90.9. The van der Waals surface area contributed by atoms with Gasteiger partial charge in [-0.05, 0) is 144 Å². The van der Waals surface area contributed by atoms with Gasteiger partial charge in [-0.2, -0.15) is 0 Å². The number of nitrogens with zero attached hydrogens (tertiary/aromatic N) is 1. The summed E-state index contributed by atoms with van der Waals surface area (Å²) >= 11 is 1.88. The molecule has 0 spiro atoms. The Kier molecular flexibility index (Phi) is 9.43. The largest absolute Gasteiger partial charge is 0.311 e. The average molecular weight is 832 g/mol. The van der Waals surface area contributed by atoms with E-state index in [4.69, 9.17) is 0 Å². The van der Waals surface area contributed by atoms with E-state index in [1.807, 2.05) is 11.3 Å². The molecule has 0 saturated carbocycles. The van der Waals surface area contributed by atoms with Crippen LogP contribution in [0.2, 0.25) is 0 Å². The fourth-order valence-electron chi connectivity index (χ4n) is 9.31. The van der Waals surface area contributed by atoms with Gasteiger partial charge in [-0.1, -0.05) is 182 Å². The molecule has 0 radical (unpaired) electrons. The third kappa shape index (κ3) is 7.01. The Morgan fingerprint density at radius 3 is 1.20 bits per heavy atom. The Balaban J connectivity index is 0.889. The van der Waals surface area contributed by atoms with Crippen LogP contribution in [0.25, 0.3) is 97.4 Å². The van der Waals surface area contributed by atoms with E-state index in [1.165, 1.54) is 97.4 Å². The first-order chi connectivity index (χ1) is 31.7. The van der Waals surface area contributed by atoms with Crippen molar-refractivity contribution in [1.82, 2.24) is 0 Å². The van der Waals surface area contributed by atoms with Gasteiger partial charge in [0.1, 0.15) is 0 Å². The zero-order valence-corrected chi connectivity index (χ0v) is 35.8. The van der Waals surface area contributed by atoms with Crippen molar-refractivity contribution in [3.63, 3.8) is 0 Å². The van der Waals surface area contributed by atoms with Crippen LogP contribution in [-0.2, 0) is 0 Å². The van der Waals surface area contributed by atoms with E-state index in [0.29, 0.717) is 0 Å². The lowest BCUT2D eigenvalue weighted by Gasteiger charge is -2.26. The maximum Gasteiger partial charge on any atom is 0.0462 e. The van der Waals surface area contributed by atoms with Gasteiger partial charge in [0.15, 0.2) is 0 Å². The summed E-state index contributed by atoms with van der Waals surface area (Å²) in [5.41, 5.74) is 15.4. The Hall–Kier alpha value is -8.04. The average Bonchev–Trinajstić information content (AvgIpc) is 3.76. The number of anilines is 3. The Morgan fingerprint density at radius 2 is 0.641 bits per heavy atom. The molecule has 64 heavy (non-hydrogen) atoms. The second-order valence-electron chi connectivity index (χ2n) is 16.5. The molecule has 12 rings (SSSR count). The molecule has 0 amide bonds. The standard InChI is InChI=1S/C62H41NS/c1-3-12-47-39-52(24-22-42(47)10-1)46-30-36-57(37-31-46)63(55-32-26-44(27-33-55)49-14-7-16-51(38-49)53-25-23-43-11-2-4-13-48(43)40-53)56-34-28-45(29-35-56)50-15-8-17-54(41-50)58-19-9-20-60-59-18-5-6-21-61(59)64-62(58)60/h1-41H. The van der Waals surface area contributed by atoms with Crippen LogP contribution >= 0.6 is 11.3 Å². The summed E-state index contributed by atoms with van der Waals surface area (Å²) in [4.78, 5) is 2.36. The molecule has 1 aromatic heterocycles. The zero-order valence-electron chi connectivity index (χ0n) is 35.0. The SMILES string of the molecule is c1cc(-c2ccc(N(c3ccc(-c4cccc(-c5cccc6c5sc5ccccc56)c4)cc3)c3ccc(-c4ccc5ccccc5c4)cc3)cc2)cc(-c2ccc3ccccc3c2)c1. The van der Waals surface area contributed by atoms with Gasteiger partial charge in [0.2, 0.25) is 0 Å². The van der Waals surface area contributed by atoms with Gasteiger partial charge >= 0.3 is 0 Å². The molecule has 0 bridgehead atoms. The van der Waals surface area contributed by atoms with Gasteiger partial charge in [-0.15, -0.1) is 11.3 Å². The van der Waals surface area contributed by atoms with Gasteiger partial charge < -0.3 is 4.90 Å². The van der Waals surface area contributed by atoms with E-state index in [2.05, 4.69) is 254 Å². The van der Waals surface area contributed by atoms with Gasteiger partial charge in [0.05, 0.1) is 0 Å². The van der Waals surface area contributed by atoms with E-state index < -0.39 is 0 Å². The van der Waals surface area contributed by atoms with Crippen molar-refractivity contribution in [3.05, 3.63) is 249 Å². The predicted octanol–water partition coefficient (Wildman–Crippen LogP) is 18.2. The number of rotatable bonds is 8. The predicted molar refractivity (Wildman–Crippen MR) is 276 cm³/mol. The van der Waals surface area contributed by atoms with Crippen LogP contribution in [0.15, 0.2) is 249 Å². The molecule has 0 aliphatic rings. The second-order valence-corrected chi connectivity index (χ2v) is 17.6. The molecular formula is C62H41NS. The third-order valence-corrected chi connectivity index (χ3v) is 13.9. The Labute approximate surface area is 377 Å². The molecule has 1 nitrogen and oxygen atoms in total. The summed E-state index contributed by atoms with van der Waals surface area (Å²) in [5, 5.41) is 7.65. The highest BCUT2D eigenvalue weighted by Gasteiger charge is 2.16. The minimum Gasteiger partial charge on any atom is -0.311 e. The van der Waals surface area contributed by atoms with Crippen molar-refractivity contribution in [1.29, 1.82) is 0 Å². The molecule has 0 saturated heterocycles. The van der Waals surface area contributed by atoms with Gasteiger partial charge in [0, 0.05) is 37.2 Å². The van der Waals surface area contributed by atoms with Crippen LogP contribution in [0.1, 0.15) is 0 Å². The maximum atomic E-state index is 2.36. The highest BCUT2D eigenvalue weighted by atomic mass is 32.1. The number of hydrogen-bond donors (Lipinski definition) is 0. The molecule has 0 aliphatic heterocycles. The molecular weight excluding hydrogens is 791 g/mol. The fraction of sp³-hybridized carbons (Fsp3) is 0. The molecule has 11 aromatic carbocycles. The summed E-state index contributed by atoms with van der Waals surface area (Å²) < 4.78 is 2.66. The first kappa shape index (κ1) is 37.7. The number of thiophene rings is 1. The lowest BCUT2D eigenvalue weighted by Crippen LogP contribution is -2.09. The highest BCUT2D eigenvalue weighted by molar-refractivity contribution is 7.26. The smallest absolute Gasteiger partial charge is 0.0462 e. The van der Waals surface area contributed by atoms with Crippen molar-refractivity contribution in [2.45, 2.75) is 0 Å². The fourth-order valence-corrected chi connectivity index (χ4v) is 10.6. The first-order valence-corrected chi connectivity index (χ1v) is 22.7. The highest BCUT2D eigenvalue weighted by Crippen LogP contribution is 2.42. The summed E-state index contributed by atoms with van der Waals surface area (Å²) in [7, 11) is 0. The normalized spacial score (nSPS) is 11.4. The maximum absolute atomic E-state index is 2.36. The number of fused-ring (bicyclic) bond motifs is 5. The van der Waals surface area contributed by atoms with Crippen molar-refractivity contribution in [2.75, 3.05) is 4.90 Å². The lowest BCUT2D eigenvalue weighted by atomic mass is 9.97. The molecule has 12 aromatic rings. The van der Waals surface area contributed by atoms with Crippen molar-refractivity contribution in [2.24, 2.45) is 0 Å². The van der Waals surface area contributed by atoms with Gasteiger partial charge in [0.25, 0.3) is 0 Å². The van der Waals surface area contributed by atoms with Crippen LogP contribution in [0.4, 0.5) is 17.1 Å². The summed E-state index contributed by atoms with van der Waals surface area (Å²) in [6.07, 6.45) is 0. The topological polar surface area (TPSA) is 3.24 Å². The number of hydrogen-bond acceptors (Lipinski definition) is 2. The molecule has 2 heteroatoms. The van der Waals surface area contributed by atoms with Crippen molar-refractivity contribution in [3.8, 4) is 55.6 Å². The summed E-state index contributed by atoms with van der Waals surface area (Å²) in [6.45, 7) is 0. The van der Waals surface area contributed by atoms with E-state index in [9.17, 15) is 0 Å². The molecule has 300 valence electrons. The van der Waals surface area contributed by atoms with Crippen molar-refractivity contribution >= 4 is 70.1 Å². The quantitative estimate of drug-likeness (QED) is 0.147. The molecule has 0 aliphatic carbocycles. The first-order valence-electron chi connectivity index (χ1n) is 21.9. The van der Waals surface area contributed by atoms with E-state index in [0.717, 1.165) is 17.1 Å². The molecule has 0 fully saturated rings. The van der Waals surface area contributed by atoms with Crippen molar-refractivity contribution < 1.29 is 0 Å². The molecule has 0 atom stereocenters. The van der Waals surface area contributed by atoms with E-state index >= 15 is 0 Å². The summed E-state index contributed by atoms with van der Waals surface area (Å²) in [5.74, 6) is 0. The van der Waals surface area contributed by atoms with Gasteiger partial charge in [-0.3, -0.25) is 0 Å². The van der Waals surface area contributed by atoms with Crippen LogP contribution in [0.5, 0.6) is 0 Å². The minimum absolute atomic E-state index is 1.10. The molecule has 0 N–H and O–H groups in total. The van der Waals surface area contributed by atoms with E-state index in [1.54, 1.807) is 0 Å². The second kappa shape index (κ2) is 16.0. The Morgan fingerprint density at radius 1 is 0.250 bits per heavy atom.